The summed E-state index contributed by atoms with van der Waals surface area (Å²) in [6, 6.07) is 9.12. The molecule has 2 N–H and O–H groups in total. The van der Waals surface area contributed by atoms with Gasteiger partial charge in [0.1, 0.15) is 11.6 Å². The van der Waals surface area contributed by atoms with Gasteiger partial charge in [-0.3, -0.25) is 4.79 Å². The molecule has 0 bridgehead atoms. The Morgan fingerprint density at radius 2 is 1.70 bits per heavy atom. The SMILES string of the molecule is NCCCCc1cc(Cl)ccc1CCC1CCN(C(=O)c2cc(F)cc(F)c2)CC1. The third kappa shape index (κ3) is 6.26. The van der Waals surface area contributed by atoms with E-state index in [1.165, 1.54) is 11.1 Å². The van der Waals surface area contributed by atoms with Crippen LogP contribution in [0.25, 0.3) is 0 Å². The van der Waals surface area contributed by atoms with Crippen molar-refractivity contribution in [3.8, 4) is 0 Å². The molecule has 1 aliphatic heterocycles. The number of hydrogen-bond acceptors (Lipinski definition) is 2. The summed E-state index contributed by atoms with van der Waals surface area (Å²) in [5.74, 6) is -1.21. The standard InChI is InChI=1S/C24H29ClF2N2O/c25-21-7-6-18(19(13-21)3-1-2-10-28)5-4-17-8-11-29(12-9-17)24(30)20-14-22(26)16-23(27)15-20/h6-7,13-17H,1-5,8-12,28H2. The molecule has 30 heavy (non-hydrogen) atoms. The number of nitrogens with zero attached hydrogens (tertiary/aromatic N) is 1. The zero-order valence-electron chi connectivity index (χ0n) is 17.2. The van der Waals surface area contributed by atoms with Gasteiger partial charge in [-0.1, -0.05) is 17.7 Å². The molecule has 162 valence electrons. The average molecular weight is 435 g/mol. The van der Waals surface area contributed by atoms with Crippen LogP contribution in [0.3, 0.4) is 0 Å². The monoisotopic (exact) mass is 434 g/mol. The van der Waals surface area contributed by atoms with Crippen LogP contribution in [0.5, 0.6) is 0 Å². The lowest BCUT2D eigenvalue weighted by atomic mass is 9.88. The van der Waals surface area contributed by atoms with E-state index in [2.05, 4.69) is 12.1 Å². The average Bonchev–Trinajstić information content (AvgIpc) is 2.72. The lowest BCUT2D eigenvalue weighted by Crippen LogP contribution is -2.38. The Morgan fingerprint density at radius 3 is 2.37 bits per heavy atom. The number of unbranched alkanes of at least 4 members (excludes halogenated alkanes) is 1. The lowest BCUT2D eigenvalue weighted by molar-refractivity contribution is 0.0686. The van der Waals surface area contributed by atoms with Gasteiger partial charge in [-0.05, 0) is 92.8 Å². The van der Waals surface area contributed by atoms with Crippen LogP contribution in [-0.2, 0) is 12.8 Å². The summed E-state index contributed by atoms with van der Waals surface area (Å²) >= 11 is 6.19. The zero-order valence-corrected chi connectivity index (χ0v) is 17.9. The maximum Gasteiger partial charge on any atom is 0.254 e. The number of likely N-dealkylation sites (tertiary alicyclic amines) is 1. The second kappa shape index (κ2) is 10.9. The highest BCUT2D eigenvalue weighted by Gasteiger charge is 2.24. The normalized spacial score (nSPS) is 14.9. The van der Waals surface area contributed by atoms with Gasteiger partial charge in [0.25, 0.3) is 5.91 Å². The molecule has 3 rings (SSSR count). The number of carbonyl (C=O) groups is 1. The number of carbonyl (C=O) groups excluding carboxylic acids is 1. The van der Waals surface area contributed by atoms with Gasteiger partial charge in [0, 0.05) is 29.7 Å². The van der Waals surface area contributed by atoms with Gasteiger partial charge in [-0.25, -0.2) is 8.78 Å². The van der Waals surface area contributed by atoms with E-state index >= 15 is 0 Å². The molecular formula is C24H29ClF2N2O. The number of nitrogens with two attached hydrogens (primary N) is 1. The molecule has 1 aliphatic rings. The first-order valence-electron chi connectivity index (χ1n) is 10.7. The summed E-state index contributed by atoms with van der Waals surface area (Å²) in [7, 11) is 0. The van der Waals surface area contributed by atoms with Crippen LogP contribution in [0.4, 0.5) is 8.78 Å². The smallest absolute Gasteiger partial charge is 0.254 e. The molecule has 0 aliphatic carbocycles. The molecule has 2 aromatic carbocycles. The molecule has 0 aromatic heterocycles. The van der Waals surface area contributed by atoms with Gasteiger partial charge in [-0.2, -0.15) is 0 Å². The highest BCUT2D eigenvalue weighted by atomic mass is 35.5. The van der Waals surface area contributed by atoms with E-state index in [-0.39, 0.29) is 11.5 Å². The van der Waals surface area contributed by atoms with Crippen molar-refractivity contribution >= 4 is 17.5 Å². The van der Waals surface area contributed by atoms with Crippen molar-refractivity contribution in [1.82, 2.24) is 4.90 Å². The first-order valence-corrected chi connectivity index (χ1v) is 11.1. The quantitative estimate of drug-likeness (QED) is 0.566. The minimum Gasteiger partial charge on any atom is -0.339 e. The number of amides is 1. The fraction of sp³-hybridized carbons (Fsp3) is 0.458. The fourth-order valence-corrected chi connectivity index (χ4v) is 4.37. The summed E-state index contributed by atoms with van der Waals surface area (Å²) < 4.78 is 26.8. The molecule has 1 fully saturated rings. The molecule has 2 aromatic rings. The molecule has 6 heteroatoms. The lowest BCUT2D eigenvalue weighted by Gasteiger charge is -2.32. The number of piperidine rings is 1. The fourth-order valence-electron chi connectivity index (χ4n) is 4.18. The van der Waals surface area contributed by atoms with Gasteiger partial charge in [0.15, 0.2) is 0 Å². The van der Waals surface area contributed by atoms with E-state index in [0.29, 0.717) is 25.6 Å². The Kier molecular flexibility index (Phi) is 8.23. The predicted octanol–water partition coefficient (Wildman–Crippen LogP) is 5.38. The Morgan fingerprint density at radius 1 is 1.00 bits per heavy atom. The van der Waals surface area contributed by atoms with Gasteiger partial charge in [-0.15, -0.1) is 0 Å². The topological polar surface area (TPSA) is 46.3 Å². The maximum absolute atomic E-state index is 13.4. The summed E-state index contributed by atoms with van der Waals surface area (Å²) in [5, 5.41) is 0.766. The Bertz CT molecular complexity index is 846. The zero-order chi connectivity index (χ0) is 21.5. The number of rotatable bonds is 8. The minimum absolute atomic E-state index is 0.0780. The second-order valence-corrected chi connectivity index (χ2v) is 8.53. The van der Waals surface area contributed by atoms with Crippen LogP contribution < -0.4 is 5.73 Å². The summed E-state index contributed by atoms with van der Waals surface area (Å²) in [6.07, 6.45) is 6.91. The van der Waals surface area contributed by atoms with E-state index in [0.717, 1.165) is 68.2 Å². The largest absolute Gasteiger partial charge is 0.339 e. The first kappa shape index (κ1) is 22.7. The van der Waals surface area contributed by atoms with E-state index in [4.69, 9.17) is 17.3 Å². The third-order valence-corrected chi connectivity index (χ3v) is 6.14. The summed E-state index contributed by atoms with van der Waals surface area (Å²) in [5.41, 5.74) is 8.33. The molecule has 0 atom stereocenters. The van der Waals surface area contributed by atoms with Crippen LogP contribution in [0.15, 0.2) is 36.4 Å². The molecule has 0 saturated carbocycles. The van der Waals surface area contributed by atoms with E-state index in [9.17, 15) is 13.6 Å². The van der Waals surface area contributed by atoms with Crippen molar-refractivity contribution in [2.75, 3.05) is 19.6 Å². The maximum atomic E-state index is 13.4. The summed E-state index contributed by atoms with van der Waals surface area (Å²) in [6.45, 7) is 1.94. The van der Waals surface area contributed by atoms with Crippen molar-refractivity contribution in [3.63, 3.8) is 0 Å². The van der Waals surface area contributed by atoms with Crippen molar-refractivity contribution in [1.29, 1.82) is 0 Å². The second-order valence-electron chi connectivity index (χ2n) is 8.09. The first-order chi connectivity index (χ1) is 14.5. The number of halogens is 3. The van der Waals surface area contributed by atoms with E-state index in [1.807, 2.05) is 6.07 Å². The third-order valence-electron chi connectivity index (χ3n) is 5.90. The van der Waals surface area contributed by atoms with Crippen LogP contribution in [0.2, 0.25) is 5.02 Å². The number of hydrogen-bond donors (Lipinski definition) is 1. The Labute approximate surface area is 182 Å². The van der Waals surface area contributed by atoms with Crippen LogP contribution in [-0.4, -0.2) is 30.4 Å². The van der Waals surface area contributed by atoms with Crippen molar-refractivity contribution in [2.45, 2.75) is 44.9 Å². The highest BCUT2D eigenvalue weighted by molar-refractivity contribution is 6.30. The van der Waals surface area contributed by atoms with Crippen LogP contribution in [0, 0.1) is 17.6 Å². The number of benzene rings is 2. The van der Waals surface area contributed by atoms with E-state index < -0.39 is 11.6 Å². The Hall–Kier alpha value is -1.98. The highest BCUT2D eigenvalue weighted by Crippen LogP contribution is 2.26. The van der Waals surface area contributed by atoms with Gasteiger partial charge >= 0.3 is 0 Å². The van der Waals surface area contributed by atoms with Gasteiger partial charge in [0.2, 0.25) is 0 Å². The molecule has 1 heterocycles. The molecule has 1 amide bonds. The van der Waals surface area contributed by atoms with E-state index in [1.54, 1.807) is 4.90 Å². The molecule has 0 spiro atoms. The van der Waals surface area contributed by atoms with Crippen LogP contribution in [0.1, 0.15) is 53.6 Å². The van der Waals surface area contributed by atoms with Crippen molar-refractivity contribution in [2.24, 2.45) is 11.7 Å². The summed E-state index contributed by atoms with van der Waals surface area (Å²) in [4.78, 5) is 14.3. The van der Waals surface area contributed by atoms with Gasteiger partial charge in [0.05, 0.1) is 0 Å². The minimum atomic E-state index is -0.724. The van der Waals surface area contributed by atoms with Crippen molar-refractivity contribution < 1.29 is 13.6 Å². The van der Waals surface area contributed by atoms with Crippen LogP contribution >= 0.6 is 11.6 Å². The molecule has 3 nitrogen and oxygen atoms in total. The van der Waals surface area contributed by atoms with Crippen molar-refractivity contribution in [3.05, 3.63) is 69.7 Å². The van der Waals surface area contributed by atoms with Gasteiger partial charge < -0.3 is 10.6 Å². The number of aryl methyl sites for hydroxylation is 2. The molecule has 0 unspecified atom stereocenters. The molecule has 1 saturated heterocycles. The predicted molar refractivity (Wildman–Crippen MR) is 117 cm³/mol. The Balaban J connectivity index is 1.52. The molecular weight excluding hydrogens is 406 g/mol. The molecule has 0 radical (unpaired) electrons.